The Morgan fingerprint density at radius 1 is 1.06 bits per heavy atom. The average Bonchev–Trinajstić information content (AvgIpc) is 2.83. The van der Waals surface area contributed by atoms with Gasteiger partial charge in [-0.3, -0.25) is 9.88 Å². The summed E-state index contributed by atoms with van der Waals surface area (Å²) in [5.74, 6) is 0.560. The lowest BCUT2D eigenvalue weighted by atomic mass is 10.1. The summed E-state index contributed by atoms with van der Waals surface area (Å²) in [6.07, 6.45) is 3.77. The number of nitrogen functional groups attached to an aromatic ring is 1. The highest BCUT2D eigenvalue weighted by Crippen LogP contribution is 2.30. The third-order valence-electron chi connectivity index (χ3n) is 6.50. The summed E-state index contributed by atoms with van der Waals surface area (Å²) in [5, 5.41) is 10.5. The van der Waals surface area contributed by atoms with Gasteiger partial charge in [0.15, 0.2) is 0 Å². The summed E-state index contributed by atoms with van der Waals surface area (Å²) < 4.78 is 6.34. The molecule has 2 saturated heterocycles. The van der Waals surface area contributed by atoms with E-state index in [4.69, 9.17) is 10.5 Å². The van der Waals surface area contributed by atoms with Crippen molar-refractivity contribution in [3.63, 3.8) is 0 Å². The molecule has 0 bridgehead atoms. The molecule has 0 saturated carbocycles. The zero-order chi connectivity index (χ0) is 22.8. The lowest BCUT2D eigenvalue weighted by Gasteiger charge is -2.42. The predicted molar refractivity (Wildman–Crippen MR) is 130 cm³/mol. The van der Waals surface area contributed by atoms with Gasteiger partial charge in [0.05, 0.1) is 23.3 Å². The molecule has 8 heteroatoms. The average molecular weight is 444 g/mol. The molecule has 5 rings (SSSR count). The molecule has 4 heterocycles. The quantitative estimate of drug-likeness (QED) is 0.657. The molecule has 0 radical (unpaired) electrons. The van der Waals surface area contributed by atoms with Crippen molar-refractivity contribution in [3.05, 3.63) is 54.4 Å². The molecule has 3 aromatic rings. The van der Waals surface area contributed by atoms with E-state index >= 15 is 0 Å². The topological polar surface area (TPSA) is 94.5 Å². The highest BCUT2D eigenvalue weighted by atomic mass is 16.5. The number of nitrogens with zero attached hydrogens (tertiary/aromatic N) is 6. The Hall–Kier alpha value is -3.41. The van der Waals surface area contributed by atoms with Gasteiger partial charge >= 0.3 is 0 Å². The number of fused-ring (bicyclic) bond motifs is 1. The number of anilines is 3. The Morgan fingerprint density at radius 3 is 2.70 bits per heavy atom. The van der Waals surface area contributed by atoms with Crippen LogP contribution in [-0.2, 0) is 4.74 Å². The smallest absolute Gasteiger partial charge is 0.125 e. The molecule has 0 amide bonds. The second-order valence-corrected chi connectivity index (χ2v) is 8.84. The number of nitrogens with two attached hydrogens (primary N) is 1. The van der Waals surface area contributed by atoms with Crippen LogP contribution in [-0.4, -0.2) is 72.9 Å². The molecule has 170 valence electrons. The van der Waals surface area contributed by atoms with Gasteiger partial charge < -0.3 is 20.3 Å². The van der Waals surface area contributed by atoms with Crippen molar-refractivity contribution in [2.75, 3.05) is 61.3 Å². The van der Waals surface area contributed by atoms with E-state index in [0.717, 1.165) is 68.1 Å². The molecule has 2 aliphatic heterocycles. The van der Waals surface area contributed by atoms with Crippen LogP contribution in [0.5, 0.6) is 0 Å². The minimum Gasteiger partial charge on any atom is -0.384 e. The second kappa shape index (κ2) is 9.22. The number of pyridine rings is 2. The number of nitriles is 1. The second-order valence-electron chi connectivity index (χ2n) is 8.84. The zero-order valence-electron chi connectivity index (χ0n) is 18.9. The maximum absolute atomic E-state index is 9.47. The number of ether oxygens (including phenoxy) is 1. The number of benzene rings is 1. The molecule has 0 unspecified atom stereocenters. The first kappa shape index (κ1) is 21.4. The van der Waals surface area contributed by atoms with Crippen LogP contribution in [0.15, 0.2) is 48.8 Å². The predicted octanol–water partition coefficient (Wildman–Crippen LogP) is 2.50. The van der Waals surface area contributed by atoms with Crippen LogP contribution in [0, 0.1) is 11.3 Å². The molecule has 2 N–H and O–H groups in total. The van der Waals surface area contributed by atoms with E-state index in [1.54, 1.807) is 12.4 Å². The van der Waals surface area contributed by atoms with E-state index in [1.807, 2.05) is 24.3 Å². The molecular weight excluding hydrogens is 414 g/mol. The maximum Gasteiger partial charge on any atom is 0.125 e. The van der Waals surface area contributed by atoms with Crippen LogP contribution in [0.2, 0.25) is 0 Å². The standard InChI is InChI=1S/C25H29N7O/c1-18-15-32(23-5-4-19(14-26)25-22(23)3-2-7-29-25)17-21(33-18)16-30-9-11-31(12-10-30)20-6-8-28-24(27)13-20/h2-8,13,18,21H,9-12,15-17H2,1H3,(H2,27,28)/t18-,21+/m1/s1. The monoisotopic (exact) mass is 443 g/mol. The SMILES string of the molecule is C[C@@H]1CN(c2ccc(C#N)c3ncccc23)C[C@H](CN2CCN(c3ccnc(N)c3)CC2)O1. The van der Waals surface area contributed by atoms with Gasteiger partial charge in [-0.1, -0.05) is 0 Å². The molecule has 1 aromatic carbocycles. The van der Waals surface area contributed by atoms with Crippen molar-refractivity contribution in [1.29, 1.82) is 5.26 Å². The van der Waals surface area contributed by atoms with Crippen LogP contribution >= 0.6 is 0 Å². The first-order valence-corrected chi connectivity index (χ1v) is 11.5. The zero-order valence-corrected chi connectivity index (χ0v) is 18.9. The van der Waals surface area contributed by atoms with Crippen molar-refractivity contribution >= 4 is 28.1 Å². The largest absolute Gasteiger partial charge is 0.384 e. The first-order valence-electron chi connectivity index (χ1n) is 11.5. The van der Waals surface area contributed by atoms with E-state index in [2.05, 4.69) is 49.8 Å². The van der Waals surface area contributed by atoms with Crippen LogP contribution in [0.3, 0.4) is 0 Å². The Morgan fingerprint density at radius 2 is 1.91 bits per heavy atom. The van der Waals surface area contributed by atoms with Crippen LogP contribution < -0.4 is 15.5 Å². The number of aromatic nitrogens is 2. The van der Waals surface area contributed by atoms with Crippen LogP contribution in [0.25, 0.3) is 10.9 Å². The highest BCUT2D eigenvalue weighted by molar-refractivity contribution is 5.95. The van der Waals surface area contributed by atoms with E-state index in [-0.39, 0.29) is 12.2 Å². The van der Waals surface area contributed by atoms with Crippen LogP contribution in [0.1, 0.15) is 12.5 Å². The Bertz CT molecular complexity index is 1170. The normalized spacial score (nSPS) is 21.8. The molecule has 2 fully saturated rings. The van der Waals surface area contributed by atoms with Gasteiger partial charge in [-0.05, 0) is 37.3 Å². The number of hydrogen-bond donors (Lipinski definition) is 1. The molecule has 2 aromatic heterocycles. The third kappa shape index (κ3) is 4.56. The summed E-state index contributed by atoms with van der Waals surface area (Å²) in [6.45, 7) is 8.57. The van der Waals surface area contributed by atoms with Crippen molar-refractivity contribution in [1.82, 2.24) is 14.9 Å². The highest BCUT2D eigenvalue weighted by Gasteiger charge is 2.29. The summed E-state index contributed by atoms with van der Waals surface area (Å²) in [4.78, 5) is 15.8. The fraction of sp³-hybridized carbons (Fsp3) is 0.400. The van der Waals surface area contributed by atoms with Crippen molar-refractivity contribution in [3.8, 4) is 6.07 Å². The first-order chi connectivity index (χ1) is 16.1. The fourth-order valence-corrected chi connectivity index (χ4v) is 4.98. The van der Waals surface area contributed by atoms with Gasteiger partial charge in [-0.25, -0.2) is 4.98 Å². The molecular formula is C25H29N7O. The minimum absolute atomic E-state index is 0.124. The molecule has 8 nitrogen and oxygen atoms in total. The number of hydrogen-bond acceptors (Lipinski definition) is 8. The van der Waals surface area contributed by atoms with E-state index in [9.17, 15) is 5.26 Å². The number of rotatable bonds is 4. The summed E-state index contributed by atoms with van der Waals surface area (Å²) >= 11 is 0. The molecule has 0 spiro atoms. The summed E-state index contributed by atoms with van der Waals surface area (Å²) in [7, 11) is 0. The Kier molecular flexibility index (Phi) is 5.99. The van der Waals surface area contributed by atoms with Gasteiger partial charge in [-0.15, -0.1) is 0 Å². The number of morpholine rings is 1. The fourth-order valence-electron chi connectivity index (χ4n) is 4.98. The van der Waals surface area contributed by atoms with Crippen molar-refractivity contribution in [2.45, 2.75) is 19.1 Å². The lowest BCUT2D eigenvalue weighted by Crippen LogP contribution is -2.54. The van der Waals surface area contributed by atoms with E-state index in [1.165, 1.54) is 0 Å². The molecule has 0 aliphatic carbocycles. The van der Waals surface area contributed by atoms with E-state index in [0.29, 0.717) is 11.4 Å². The summed E-state index contributed by atoms with van der Waals surface area (Å²) in [6, 6.07) is 14.1. The van der Waals surface area contributed by atoms with Gasteiger partial charge in [0.1, 0.15) is 11.9 Å². The van der Waals surface area contributed by atoms with Gasteiger partial charge in [0.2, 0.25) is 0 Å². The lowest BCUT2D eigenvalue weighted by molar-refractivity contribution is -0.0327. The van der Waals surface area contributed by atoms with E-state index < -0.39 is 0 Å². The maximum atomic E-state index is 9.47. The van der Waals surface area contributed by atoms with Crippen LogP contribution in [0.4, 0.5) is 17.2 Å². The Balaban J connectivity index is 1.26. The third-order valence-corrected chi connectivity index (χ3v) is 6.50. The van der Waals surface area contributed by atoms with Gasteiger partial charge in [0.25, 0.3) is 0 Å². The van der Waals surface area contributed by atoms with Gasteiger partial charge in [0, 0.05) is 81.0 Å². The van der Waals surface area contributed by atoms with Crippen molar-refractivity contribution < 1.29 is 4.74 Å². The Labute approximate surface area is 194 Å². The number of piperazine rings is 1. The summed E-state index contributed by atoms with van der Waals surface area (Å²) in [5.41, 5.74) is 9.49. The molecule has 33 heavy (non-hydrogen) atoms. The van der Waals surface area contributed by atoms with Gasteiger partial charge in [-0.2, -0.15) is 5.26 Å². The minimum atomic E-state index is 0.124. The molecule has 2 aliphatic rings. The molecule has 2 atom stereocenters. The van der Waals surface area contributed by atoms with Crippen molar-refractivity contribution in [2.24, 2.45) is 0 Å².